The summed E-state index contributed by atoms with van der Waals surface area (Å²) in [5.41, 5.74) is 3.87. The minimum atomic E-state index is -0.101. The standard InChI is InChI=1S/C15H19N5O2/c1-22-15-13(17-11-4-2-3-5-12(11)18-15)20-8-6-10(7-9-20)14(21)19-16/h2-5,10H,6-9,16H2,1H3,(H,19,21). The van der Waals surface area contributed by atoms with Crippen LogP contribution >= 0.6 is 0 Å². The second kappa shape index (κ2) is 6.15. The van der Waals surface area contributed by atoms with Gasteiger partial charge in [0.1, 0.15) is 0 Å². The van der Waals surface area contributed by atoms with E-state index in [9.17, 15) is 4.79 Å². The summed E-state index contributed by atoms with van der Waals surface area (Å²) < 4.78 is 5.39. The summed E-state index contributed by atoms with van der Waals surface area (Å²) in [6.45, 7) is 1.45. The third kappa shape index (κ3) is 2.67. The van der Waals surface area contributed by atoms with Crippen molar-refractivity contribution in [2.24, 2.45) is 11.8 Å². The summed E-state index contributed by atoms with van der Waals surface area (Å²) in [5.74, 6) is 6.30. The molecule has 0 bridgehead atoms. The number of rotatable bonds is 3. The van der Waals surface area contributed by atoms with Gasteiger partial charge in [0.2, 0.25) is 5.91 Å². The van der Waals surface area contributed by atoms with E-state index in [1.54, 1.807) is 7.11 Å². The van der Waals surface area contributed by atoms with E-state index in [-0.39, 0.29) is 11.8 Å². The molecule has 0 unspecified atom stereocenters. The molecule has 0 saturated carbocycles. The highest BCUT2D eigenvalue weighted by Crippen LogP contribution is 2.30. The molecule has 3 rings (SSSR count). The van der Waals surface area contributed by atoms with Crippen LogP contribution in [0.1, 0.15) is 12.8 Å². The third-order valence-corrected chi connectivity index (χ3v) is 4.02. The monoisotopic (exact) mass is 301 g/mol. The number of hydrogen-bond acceptors (Lipinski definition) is 6. The van der Waals surface area contributed by atoms with Gasteiger partial charge in [-0.15, -0.1) is 0 Å². The number of nitrogens with zero attached hydrogens (tertiary/aromatic N) is 3. The van der Waals surface area contributed by atoms with Gasteiger partial charge in [0.05, 0.1) is 18.1 Å². The Morgan fingerprint density at radius 2 is 1.91 bits per heavy atom. The fourth-order valence-electron chi connectivity index (χ4n) is 2.79. The van der Waals surface area contributed by atoms with Gasteiger partial charge in [0.15, 0.2) is 5.82 Å². The summed E-state index contributed by atoms with van der Waals surface area (Å²) in [5, 5.41) is 0. The Morgan fingerprint density at radius 1 is 1.27 bits per heavy atom. The number of aromatic nitrogens is 2. The third-order valence-electron chi connectivity index (χ3n) is 4.02. The van der Waals surface area contributed by atoms with Crippen LogP contribution in [0, 0.1) is 5.92 Å². The number of nitrogens with two attached hydrogens (primary N) is 1. The number of methoxy groups -OCH3 is 1. The fourth-order valence-corrected chi connectivity index (χ4v) is 2.79. The van der Waals surface area contributed by atoms with E-state index in [1.165, 1.54) is 0 Å². The zero-order valence-electron chi connectivity index (χ0n) is 12.5. The van der Waals surface area contributed by atoms with Crippen LogP contribution in [0.4, 0.5) is 5.82 Å². The van der Waals surface area contributed by atoms with E-state index in [4.69, 9.17) is 10.6 Å². The molecule has 1 saturated heterocycles. The second-order valence-corrected chi connectivity index (χ2v) is 5.32. The molecular weight excluding hydrogens is 282 g/mol. The molecule has 2 aromatic rings. The number of carbonyl (C=O) groups is 1. The molecule has 1 aromatic carbocycles. The topological polar surface area (TPSA) is 93.4 Å². The normalized spacial score (nSPS) is 15.8. The highest BCUT2D eigenvalue weighted by molar-refractivity contribution is 5.79. The quantitative estimate of drug-likeness (QED) is 0.496. The molecule has 1 fully saturated rings. The van der Waals surface area contributed by atoms with Crippen molar-refractivity contribution < 1.29 is 9.53 Å². The van der Waals surface area contributed by atoms with Crippen molar-refractivity contribution >= 4 is 22.8 Å². The Labute approximate surface area is 128 Å². The van der Waals surface area contributed by atoms with Crippen molar-refractivity contribution in [1.29, 1.82) is 0 Å². The average Bonchev–Trinajstić information content (AvgIpc) is 2.60. The first-order valence-corrected chi connectivity index (χ1v) is 7.29. The van der Waals surface area contributed by atoms with Crippen molar-refractivity contribution in [2.45, 2.75) is 12.8 Å². The molecule has 0 atom stereocenters. The minimum absolute atomic E-state index is 0.0411. The number of fused-ring (bicyclic) bond motifs is 1. The molecule has 0 aliphatic carbocycles. The summed E-state index contributed by atoms with van der Waals surface area (Å²) in [7, 11) is 1.59. The van der Waals surface area contributed by atoms with Gasteiger partial charge in [-0.05, 0) is 25.0 Å². The van der Waals surface area contributed by atoms with Crippen molar-refractivity contribution in [3.8, 4) is 5.88 Å². The van der Waals surface area contributed by atoms with Crippen LogP contribution in [-0.4, -0.2) is 36.1 Å². The number of nitrogens with one attached hydrogen (secondary N) is 1. The van der Waals surface area contributed by atoms with Crippen LogP contribution < -0.4 is 20.9 Å². The van der Waals surface area contributed by atoms with Gasteiger partial charge < -0.3 is 9.64 Å². The number of hydrazine groups is 1. The Kier molecular flexibility index (Phi) is 4.06. The van der Waals surface area contributed by atoms with Crippen LogP contribution in [-0.2, 0) is 4.79 Å². The van der Waals surface area contributed by atoms with Gasteiger partial charge in [0.25, 0.3) is 5.88 Å². The van der Waals surface area contributed by atoms with Crippen molar-refractivity contribution in [1.82, 2.24) is 15.4 Å². The van der Waals surface area contributed by atoms with Crippen molar-refractivity contribution in [3.63, 3.8) is 0 Å². The highest BCUT2D eigenvalue weighted by atomic mass is 16.5. The van der Waals surface area contributed by atoms with Gasteiger partial charge in [-0.3, -0.25) is 10.2 Å². The summed E-state index contributed by atoms with van der Waals surface area (Å²) >= 11 is 0. The van der Waals surface area contributed by atoms with Crippen LogP contribution in [0.5, 0.6) is 5.88 Å². The minimum Gasteiger partial charge on any atom is -0.478 e. The lowest BCUT2D eigenvalue weighted by molar-refractivity contribution is -0.125. The highest BCUT2D eigenvalue weighted by Gasteiger charge is 2.27. The summed E-state index contributed by atoms with van der Waals surface area (Å²) in [6, 6.07) is 7.70. The fraction of sp³-hybridized carbons (Fsp3) is 0.400. The lowest BCUT2D eigenvalue weighted by Gasteiger charge is -2.32. The molecule has 1 aliphatic heterocycles. The average molecular weight is 301 g/mol. The number of piperidine rings is 1. The molecule has 7 nitrogen and oxygen atoms in total. The lowest BCUT2D eigenvalue weighted by atomic mass is 9.96. The van der Waals surface area contributed by atoms with Gasteiger partial charge in [-0.2, -0.15) is 0 Å². The van der Waals surface area contributed by atoms with Gasteiger partial charge in [-0.1, -0.05) is 12.1 Å². The number of carbonyl (C=O) groups excluding carboxylic acids is 1. The molecule has 1 aliphatic rings. The molecule has 116 valence electrons. The molecule has 1 aromatic heterocycles. The number of amides is 1. The molecule has 2 heterocycles. The zero-order valence-corrected chi connectivity index (χ0v) is 12.5. The Bertz CT molecular complexity index is 683. The molecule has 0 radical (unpaired) electrons. The van der Waals surface area contributed by atoms with E-state index in [2.05, 4.69) is 20.3 Å². The number of hydrogen-bond donors (Lipinski definition) is 2. The number of anilines is 1. The van der Waals surface area contributed by atoms with E-state index in [1.807, 2.05) is 24.3 Å². The van der Waals surface area contributed by atoms with Crippen LogP contribution in [0.15, 0.2) is 24.3 Å². The Balaban J connectivity index is 1.86. The summed E-state index contributed by atoms with van der Waals surface area (Å²) in [6.07, 6.45) is 1.47. The number of benzene rings is 1. The van der Waals surface area contributed by atoms with Gasteiger partial charge in [-0.25, -0.2) is 15.8 Å². The first kappa shape index (κ1) is 14.5. The summed E-state index contributed by atoms with van der Waals surface area (Å²) in [4.78, 5) is 22.9. The first-order chi connectivity index (χ1) is 10.7. The predicted molar refractivity (Wildman–Crippen MR) is 83.4 cm³/mol. The van der Waals surface area contributed by atoms with E-state index in [0.717, 1.165) is 42.8 Å². The van der Waals surface area contributed by atoms with E-state index in [0.29, 0.717) is 5.88 Å². The number of para-hydroxylation sites is 2. The maximum atomic E-state index is 11.6. The SMILES string of the molecule is COc1nc2ccccc2nc1N1CCC(C(=O)NN)CC1. The van der Waals surface area contributed by atoms with Gasteiger partial charge in [0, 0.05) is 19.0 Å². The van der Waals surface area contributed by atoms with E-state index >= 15 is 0 Å². The van der Waals surface area contributed by atoms with E-state index < -0.39 is 0 Å². The van der Waals surface area contributed by atoms with Gasteiger partial charge >= 0.3 is 0 Å². The maximum absolute atomic E-state index is 11.6. The van der Waals surface area contributed by atoms with Crippen molar-refractivity contribution in [3.05, 3.63) is 24.3 Å². The first-order valence-electron chi connectivity index (χ1n) is 7.29. The molecule has 7 heteroatoms. The van der Waals surface area contributed by atoms with Crippen LogP contribution in [0.2, 0.25) is 0 Å². The molecular formula is C15H19N5O2. The molecule has 3 N–H and O–H groups in total. The predicted octanol–water partition coefficient (Wildman–Crippen LogP) is 0.845. The maximum Gasteiger partial charge on any atom is 0.257 e. The number of ether oxygens (including phenoxy) is 1. The van der Waals surface area contributed by atoms with Crippen LogP contribution in [0.25, 0.3) is 11.0 Å². The lowest BCUT2D eigenvalue weighted by Crippen LogP contribution is -2.43. The van der Waals surface area contributed by atoms with Crippen molar-refractivity contribution in [2.75, 3.05) is 25.1 Å². The Hall–Kier alpha value is -2.41. The molecule has 1 amide bonds. The second-order valence-electron chi connectivity index (χ2n) is 5.32. The van der Waals surface area contributed by atoms with Crippen LogP contribution in [0.3, 0.4) is 0 Å². The molecule has 0 spiro atoms. The zero-order chi connectivity index (χ0) is 15.5. The Morgan fingerprint density at radius 3 is 2.50 bits per heavy atom. The largest absolute Gasteiger partial charge is 0.478 e. The smallest absolute Gasteiger partial charge is 0.257 e. The molecule has 22 heavy (non-hydrogen) atoms.